The van der Waals surface area contributed by atoms with Crippen LogP contribution in [0.15, 0.2) is 30.5 Å². The number of halogens is 1. The third kappa shape index (κ3) is 5.23. The number of likely N-dealkylation sites (tertiary alicyclic amines) is 1. The second-order valence-electron chi connectivity index (χ2n) is 8.32. The van der Waals surface area contributed by atoms with Crippen LogP contribution in [0.2, 0.25) is 5.02 Å². The van der Waals surface area contributed by atoms with Crippen molar-refractivity contribution in [1.29, 1.82) is 0 Å². The van der Waals surface area contributed by atoms with E-state index in [0.717, 1.165) is 60.8 Å². The Morgan fingerprint density at radius 1 is 1.26 bits per heavy atom. The molecule has 0 spiro atoms. The second kappa shape index (κ2) is 11.6. The minimum atomic E-state index is -0.0832. The van der Waals surface area contributed by atoms with Gasteiger partial charge in [0, 0.05) is 68.4 Å². The molecule has 8 nitrogen and oxygen atoms in total. The number of aromatic nitrogens is 3. The van der Waals surface area contributed by atoms with E-state index < -0.39 is 0 Å². The summed E-state index contributed by atoms with van der Waals surface area (Å²) in [6.45, 7) is 4.63. The van der Waals surface area contributed by atoms with Crippen LogP contribution >= 0.6 is 23.5 Å². The number of nitrogens with zero attached hydrogens (tertiary/aromatic N) is 5. The maximum atomic E-state index is 13.6. The minimum absolute atomic E-state index is 0. The van der Waals surface area contributed by atoms with E-state index in [9.17, 15) is 4.79 Å². The summed E-state index contributed by atoms with van der Waals surface area (Å²) in [6, 6.07) is 7.35. The van der Waals surface area contributed by atoms with Gasteiger partial charge < -0.3 is 20.7 Å². The summed E-state index contributed by atoms with van der Waals surface area (Å²) in [4.78, 5) is 22.7. The molecule has 1 radical (unpaired) electrons. The van der Waals surface area contributed by atoms with Gasteiger partial charge in [0.2, 0.25) is 0 Å². The Balaban J connectivity index is 0.00000162. The molecule has 34 heavy (non-hydrogen) atoms. The molecule has 0 bridgehead atoms. The number of piperidine rings is 1. The Kier molecular flexibility index (Phi) is 9.25. The molecule has 2 aliphatic heterocycles. The van der Waals surface area contributed by atoms with E-state index in [1.807, 2.05) is 34.0 Å². The van der Waals surface area contributed by atoms with Crippen LogP contribution < -0.4 is 9.62 Å². The van der Waals surface area contributed by atoms with Gasteiger partial charge in [-0.1, -0.05) is 23.5 Å². The zero-order valence-corrected chi connectivity index (χ0v) is 23.8. The topological polar surface area (TPSA) is 99.3 Å². The molecule has 2 fully saturated rings. The normalized spacial score (nSPS) is 17.6. The summed E-state index contributed by atoms with van der Waals surface area (Å²) < 4.78 is 5.05. The fraction of sp³-hybridized carbons (Fsp3) is 0.391. The SMILES string of the molecule is CSNc1ccc(Cl)cc1C(=O)N1CCCCC1c1cc2nc(N3C[CH-]C3)c(C)cn2n1.[NH2-].[Y]. The third-order valence-electron chi connectivity index (χ3n) is 6.15. The van der Waals surface area contributed by atoms with Crippen molar-refractivity contribution in [3.05, 3.63) is 64.9 Å². The van der Waals surface area contributed by atoms with Crippen molar-refractivity contribution < 1.29 is 37.5 Å². The number of carbonyl (C=O) groups excluding carboxylic acids is 1. The maximum absolute atomic E-state index is 13.6. The first-order valence-electron chi connectivity index (χ1n) is 10.9. The van der Waals surface area contributed by atoms with E-state index in [2.05, 4.69) is 23.0 Å². The number of amides is 1. The molecular formula is C23H28ClN7OSY-2. The molecule has 1 unspecified atom stereocenters. The van der Waals surface area contributed by atoms with Gasteiger partial charge in [-0.2, -0.15) is 5.10 Å². The number of nitrogens with one attached hydrogen (secondary N) is 1. The summed E-state index contributed by atoms with van der Waals surface area (Å²) in [6.07, 6.45) is 9.13. The Hall–Kier alpha value is -1.39. The molecule has 4 heterocycles. The second-order valence-corrected chi connectivity index (χ2v) is 9.37. The molecule has 3 N–H and O–H groups in total. The van der Waals surface area contributed by atoms with Gasteiger partial charge in [0.25, 0.3) is 5.91 Å². The van der Waals surface area contributed by atoms with Gasteiger partial charge in [0.05, 0.1) is 23.0 Å². The minimum Gasteiger partial charge on any atom is -0.693 e. The number of carbonyl (C=O) groups is 1. The van der Waals surface area contributed by atoms with Crippen LogP contribution in [0, 0.1) is 13.3 Å². The van der Waals surface area contributed by atoms with E-state index in [4.69, 9.17) is 21.7 Å². The molecular weight excluding hydrogens is 547 g/mol. The van der Waals surface area contributed by atoms with E-state index in [1.165, 1.54) is 11.9 Å². The molecule has 179 valence electrons. The summed E-state index contributed by atoms with van der Waals surface area (Å²) >= 11 is 7.70. The van der Waals surface area contributed by atoms with Crippen molar-refractivity contribution in [3.8, 4) is 0 Å². The molecule has 5 rings (SSSR count). The van der Waals surface area contributed by atoms with Crippen molar-refractivity contribution in [3.63, 3.8) is 0 Å². The Morgan fingerprint density at radius 3 is 2.76 bits per heavy atom. The van der Waals surface area contributed by atoms with Crippen molar-refractivity contribution in [2.75, 3.05) is 35.5 Å². The van der Waals surface area contributed by atoms with Crippen LogP contribution in [0.5, 0.6) is 0 Å². The number of aryl methyl sites for hydroxylation is 1. The summed E-state index contributed by atoms with van der Waals surface area (Å²) in [5.41, 5.74) is 4.17. The van der Waals surface area contributed by atoms with Gasteiger partial charge in [-0.3, -0.25) is 11.2 Å². The Morgan fingerprint density at radius 2 is 2.06 bits per heavy atom. The first kappa shape index (κ1) is 27.2. The first-order valence-corrected chi connectivity index (χ1v) is 12.5. The van der Waals surface area contributed by atoms with Gasteiger partial charge >= 0.3 is 0 Å². The zero-order chi connectivity index (χ0) is 22.2. The summed E-state index contributed by atoms with van der Waals surface area (Å²) in [7, 11) is 0. The summed E-state index contributed by atoms with van der Waals surface area (Å²) in [5, 5.41) is 5.38. The van der Waals surface area contributed by atoms with E-state index >= 15 is 0 Å². The monoisotopic (exact) mass is 574 g/mol. The number of rotatable bonds is 5. The molecule has 0 aliphatic carbocycles. The number of hydrogen-bond acceptors (Lipinski definition) is 6. The van der Waals surface area contributed by atoms with E-state index in [0.29, 0.717) is 17.1 Å². The van der Waals surface area contributed by atoms with Gasteiger partial charge in [-0.25, -0.2) is 9.50 Å². The fourth-order valence-corrected chi connectivity index (χ4v) is 5.03. The van der Waals surface area contributed by atoms with Crippen LogP contribution in [0.4, 0.5) is 11.5 Å². The molecule has 3 aromatic rings. The van der Waals surface area contributed by atoms with Crippen molar-refractivity contribution in [2.45, 2.75) is 32.2 Å². The van der Waals surface area contributed by atoms with Crippen LogP contribution in [0.3, 0.4) is 0 Å². The maximum Gasteiger partial charge on any atom is 0.256 e. The number of hydrogen-bond donors (Lipinski definition) is 1. The molecule has 2 aromatic heterocycles. The van der Waals surface area contributed by atoms with Crippen molar-refractivity contribution >= 4 is 46.6 Å². The predicted octanol–water partition coefficient (Wildman–Crippen LogP) is 5.49. The quantitative estimate of drug-likeness (QED) is 0.320. The average Bonchev–Trinajstić information content (AvgIpc) is 3.16. The molecule has 1 atom stereocenters. The largest absolute Gasteiger partial charge is 0.693 e. The average molecular weight is 575 g/mol. The van der Waals surface area contributed by atoms with Crippen LogP contribution in [-0.4, -0.2) is 51.3 Å². The van der Waals surface area contributed by atoms with Crippen LogP contribution in [-0.2, 0) is 32.7 Å². The van der Waals surface area contributed by atoms with Crippen LogP contribution in [0.25, 0.3) is 11.8 Å². The first-order chi connectivity index (χ1) is 15.5. The van der Waals surface area contributed by atoms with Gasteiger partial charge in [-0.15, -0.1) is 13.1 Å². The van der Waals surface area contributed by atoms with Crippen molar-refractivity contribution in [2.24, 2.45) is 0 Å². The molecule has 2 saturated heterocycles. The molecule has 2 aliphatic rings. The Labute approximate surface area is 234 Å². The third-order valence-corrected chi connectivity index (χ3v) is 6.81. The number of anilines is 2. The van der Waals surface area contributed by atoms with Gasteiger partial charge in [-0.05, 0) is 44.4 Å². The number of fused-ring (bicyclic) bond motifs is 1. The van der Waals surface area contributed by atoms with E-state index in [-0.39, 0.29) is 50.8 Å². The predicted molar refractivity (Wildman–Crippen MR) is 136 cm³/mol. The molecule has 1 amide bonds. The molecule has 11 heteroatoms. The summed E-state index contributed by atoms with van der Waals surface area (Å²) in [5.74, 6) is 0.987. The van der Waals surface area contributed by atoms with Crippen LogP contribution in [0.1, 0.15) is 46.9 Å². The number of benzene rings is 1. The van der Waals surface area contributed by atoms with Gasteiger partial charge in [0.15, 0.2) is 5.65 Å². The van der Waals surface area contributed by atoms with E-state index in [1.54, 1.807) is 12.1 Å². The molecule has 0 saturated carbocycles. The van der Waals surface area contributed by atoms with Gasteiger partial charge in [0.1, 0.15) is 5.82 Å². The smallest absolute Gasteiger partial charge is 0.256 e. The standard InChI is InChI=1S/C23H26ClN6OS.H2N.Y/c1-15-14-30-21(25-22(15)28-9-5-10-28)13-19(26-30)20-6-3-4-11-29(20)23(31)17-12-16(24)7-8-18(17)27-32-2;;/h5,7-8,12-14,20,27H,3-4,6,9-11H2,1-2H3;1H2;/q2*-1;. The Bertz CT molecular complexity index is 1170. The zero-order valence-electron chi connectivity index (χ0n) is 19.4. The fourth-order valence-electron chi connectivity index (χ4n) is 4.46. The van der Waals surface area contributed by atoms with Crippen molar-refractivity contribution in [1.82, 2.24) is 19.5 Å². The number of nitrogens with two attached hydrogens (primary N) is 1. The molecule has 1 aromatic carbocycles.